The second-order valence-electron chi connectivity index (χ2n) is 4.83. The SMILES string of the molecule is Cc1ccc(C(O)c2c(Br)cnn2C(C)C)cc1F. The molecule has 2 rings (SSSR count). The van der Waals surface area contributed by atoms with Crippen LogP contribution in [0.3, 0.4) is 0 Å². The van der Waals surface area contributed by atoms with E-state index in [0.29, 0.717) is 16.8 Å². The van der Waals surface area contributed by atoms with Crippen LogP contribution in [0.5, 0.6) is 0 Å². The van der Waals surface area contributed by atoms with E-state index in [9.17, 15) is 9.50 Å². The molecule has 1 N–H and O–H groups in total. The van der Waals surface area contributed by atoms with Crippen molar-refractivity contribution in [2.45, 2.75) is 32.9 Å². The Hall–Kier alpha value is -1.20. The number of aliphatic hydroxyl groups excluding tert-OH is 1. The highest BCUT2D eigenvalue weighted by atomic mass is 79.9. The molecule has 1 aromatic heterocycles. The van der Waals surface area contributed by atoms with Crippen molar-refractivity contribution in [3.8, 4) is 0 Å². The van der Waals surface area contributed by atoms with E-state index in [-0.39, 0.29) is 11.9 Å². The van der Waals surface area contributed by atoms with Crippen LogP contribution in [0, 0.1) is 12.7 Å². The minimum Gasteiger partial charge on any atom is -0.382 e. The van der Waals surface area contributed by atoms with Crippen molar-refractivity contribution >= 4 is 15.9 Å². The largest absolute Gasteiger partial charge is 0.382 e. The number of hydrogen-bond donors (Lipinski definition) is 1. The standard InChI is InChI=1S/C14H16BrFN2O/c1-8(2)18-13(11(15)7-17-18)14(19)10-5-4-9(3)12(16)6-10/h4-8,14,19H,1-3H3. The van der Waals surface area contributed by atoms with E-state index in [1.165, 1.54) is 6.07 Å². The molecule has 3 nitrogen and oxygen atoms in total. The lowest BCUT2D eigenvalue weighted by atomic mass is 10.0. The molecular formula is C14H16BrFN2O. The van der Waals surface area contributed by atoms with E-state index in [0.717, 1.165) is 4.47 Å². The Morgan fingerprint density at radius 2 is 2.05 bits per heavy atom. The van der Waals surface area contributed by atoms with Crippen LogP contribution in [-0.4, -0.2) is 14.9 Å². The average molecular weight is 327 g/mol. The van der Waals surface area contributed by atoms with E-state index in [1.807, 2.05) is 13.8 Å². The van der Waals surface area contributed by atoms with Crippen molar-refractivity contribution in [2.75, 3.05) is 0 Å². The maximum atomic E-state index is 13.6. The van der Waals surface area contributed by atoms with Crippen molar-refractivity contribution in [3.63, 3.8) is 0 Å². The molecule has 0 aliphatic heterocycles. The maximum absolute atomic E-state index is 13.6. The van der Waals surface area contributed by atoms with Crippen LogP contribution >= 0.6 is 15.9 Å². The number of halogens is 2. The van der Waals surface area contributed by atoms with E-state index < -0.39 is 6.10 Å². The van der Waals surface area contributed by atoms with E-state index in [4.69, 9.17) is 0 Å². The monoisotopic (exact) mass is 326 g/mol. The number of aryl methyl sites for hydroxylation is 1. The summed E-state index contributed by atoms with van der Waals surface area (Å²) >= 11 is 3.38. The first-order valence-electron chi connectivity index (χ1n) is 6.08. The van der Waals surface area contributed by atoms with E-state index in [2.05, 4.69) is 21.0 Å². The molecule has 1 aromatic carbocycles. The van der Waals surface area contributed by atoms with Gasteiger partial charge in [-0.15, -0.1) is 0 Å². The molecule has 0 bridgehead atoms. The van der Waals surface area contributed by atoms with Gasteiger partial charge in [0.2, 0.25) is 0 Å². The minimum absolute atomic E-state index is 0.117. The lowest BCUT2D eigenvalue weighted by Crippen LogP contribution is -2.13. The molecular weight excluding hydrogens is 311 g/mol. The lowest BCUT2D eigenvalue weighted by molar-refractivity contribution is 0.203. The maximum Gasteiger partial charge on any atom is 0.126 e. The van der Waals surface area contributed by atoms with Crippen LogP contribution in [0.2, 0.25) is 0 Å². The molecule has 102 valence electrons. The van der Waals surface area contributed by atoms with Gasteiger partial charge in [0.1, 0.15) is 11.9 Å². The summed E-state index contributed by atoms with van der Waals surface area (Å²) in [6, 6.07) is 4.88. The summed E-state index contributed by atoms with van der Waals surface area (Å²) in [5.74, 6) is -0.316. The summed E-state index contributed by atoms with van der Waals surface area (Å²) in [5, 5.41) is 14.7. The highest BCUT2D eigenvalue weighted by Gasteiger charge is 2.21. The fourth-order valence-corrected chi connectivity index (χ4v) is 2.45. The zero-order valence-electron chi connectivity index (χ0n) is 11.1. The van der Waals surface area contributed by atoms with Gasteiger partial charge in [-0.1, -0.05) is 12.1 Å². The molecule has 1 atom stereocenters. The van der Waals surface area contributed by atoms with Crippen LogP contribution in [-0.2, 0) is 0 Å². The second-order valence-corrected chi connectivity index (χ2v) is 5.68. The zero-order chi connectivity index (χ0) is 14.2. The van der Waals surface area contributed by atoms with Gasteiger partial charge in [-0.2, -0.15) is 5.10 Å². The summed E-state index contributed by atoms with van der Waals surface area (Å²) in [4.78, 5) is 0. The van der Waals surface area contributed by atoms with Crippen molar-refractivity contribution in [3.05, 3.63) is 51.5 Å². The number of aliphatic hydroxyl groups is 1. The highest BCUT2D eigenvalue weighted by molar-refractivity contribution is 9.10. The Morgan fingerprint density at radius 3 is 2.63 bits per heavy atom. The number of nitrogens with zero attached hydrogens (tertiary/aromatic N) is 2. The number of rotatable bonds is 3. The molecule has 2 aromatic rings. The minimum atomic E-state index is -0.908. The van der Waals surface area contributed by atoms with Crippen LogP contribution in [0.4, 0.5) is 4.39 Å². The van der Waals surface area contributed by atoms with Gasteiger partial charge in [-0.05, 0) is 53.9 Å². The fourth-order valence-electron chi connectivity index (χ4n) is 1.96. The van der Waals surface area contributed by atoms with Gasteiger partial charge in [-0.3, -0.25) is 4.68 Å². The fraction of sp³-hybridized carbons (Fsp3) is 0.357. The van der Waals surface area contributed by atoms with Crippen LogP contribution in [0.15, 0.2) is 28.9 Å². The summed E-state index contributed by atoms with van der Waals surface area (Å²) in [6.45, 7) is 5.65. The molecule has 1 heterocycles. The average Bonchev–Trinajstić information content (AvgIpc) is 2.74. The Bertz CT molecular complexity index is 595. The van der Waals surface area contributed by atoms with Gasteiger partial charge < -0.3 is 5.11 Å². The normalized spacial score (nSPS) is 13.0. The third-order valence-electron chi connectivity index (χ3n) is 3.05. The first kappa shape index (κ1) is 14.2. The van der Waals surface area contributed by atoms with Crippen molar-refractivity contribution in [2.24, 2.45) is 0 Å². The first-order chi connectivity index (χ1) is 8.91. The van der Waals surface area contributed by atoms with Gasteiger partial charge in [0, 0.05) is 6.04 Å². The van der Waals surface area contributed by atoms with Gasteiger partial charge >= 0.3 is 0 Å². The molecule has 0 spiro atoms. The van der Waals surface area contributed by atoms with Crippen LogP contribution in [0.25, 0.3) is 0 Å². The Labute approximate surface area is 120 Å². The van der Waals surface area contributed by atoms with Gasteiger partial charge in [0.05, 0.1) is 16.4 Å². The Kier molecular flexibility index (Phi) is 4.06. The molecule has 19 heavy (non-hydrogen) atoms. The molecule has 5 heteroatoms. The van der Waals surface area contributed by atoms with E-state index in [1.54, 1.807) is 29.9 Å². The van der Waals surface area contributed by atoms with Gasteiger partial charge in [0.25, 0.3) is 0 Å². The smallest absolute Gasteiger partial charge is 0.126 e. The second kappa shape index (κ2) is 5.43. The van der Waals surface area contributed by atoms with Crippen LogP contribution < -0.4 is 0 Å². The third-order valence-corrected chi connectivity index (χ3v) is 3.66. The Morgan fingerprint density at radius 1 is 1.37 bits per heavy atom. The predicted octanol–water partition coefficient (Wildman–Crippen LogP) is 3.76. The van der Waals surface area contributed by atoms with Crippen molar-refractivity contribution in [1.82, 2.24) is 9.78 Å². The van der Waals surface area contributed by atoms with Crippen LogP contribution in [0.1, 0.15) is 42.8 Å². The van der Waals surface area contributed by atoms with Gasteiger partial charge in [0.15, 0.2) is 0 Å². The quantitative estimate of drug-likeness (QED) is 0.932. The molecule has 0 aliphatic carbocycles. The molecule has 1 unspecified atom stereocenters. The molecule has 0 amide bonds. The summed E-state index contributed by atoms with van der Waals surface area (Å²) in [5.41, 5.74) is 1.72. The highest BCUT2D eigenvalue weighted by Crippen LogP contribution is 2.30. The summed E-state index contributed by atoms with van der Waals surface area (Å²) in [7, 11) is 0. The number of hydrogen-bond acceptors (Lipinski definition) is 2. The van der Waals surface area contributed by atoms with Crippen molar-refractivity contribution in [1.29, 1.82) is 0 Å². The molecule has 0 radical (unpaired) electrons. The number of benzene rings is 1. The van der Waals surface area contributed by atoms with E-state index >= 15 is 0 Å². The lowest BCUT2D eigenvalue weighted by Gasteiger charge is -2.17. The zero-order valence-corrected chi connectivity index (χ0v) is 12.6. The first-order valence-corrected chi connectivity index (χ1v) is 6.88. The van der Waals surface area contributed by atoms with Gasteiger partial charge in [-0.25, -0.2) is 4.39 Å². The summed E-state index contributed by atoms with van der Waals surface area (Å²) < 4.78 is 16.0. The molecule has 0 saturated carbocycles. The third kappa shape index (κ3) is 2.72. The topological polar surface area (TPSA) is 38.1 Å². The molecule has 0 fully saturated rings. The molecule has 0 aliphatic rings. The predicted molar refractivity (Wildman–Crippen MR) is 75.5 cm³/mol. The van der Waals surface area contributed by atoms with Crippen molar-refractivity contribution < 1.29 is 9.50 Å². The number of aromatic nitrogens is 2. The summed E-state index contributed by atoms with van der Waals surface area (Å²) in [6.07, 6.45) is 0.734. The molecule has 0 saturated heterocycles. The Balaban J connectivity index is 2.46.